The molecule has 0 heterocycles. The molecule has 0 aliphatic carbocycles. The average Bonchev–Trinajstić information content (AvgIpc) is 1.81. The molecule has 0 amide bonds. The number of rotatable bonds is 2. The topological polar surface area (TPSA) is 35.5 Å². The molecule has 0 N–H and O–H groups in total. The molecule has 13 heavy (non-hydrogen) atoms. The molecule has 0 aliphatic rings. The lowest BCUT2D eigenvalue weighted by molar-refractivity contribution is 0.0230. The first-order chi connectivity index (χ1) is 5.72. The van der Waals surface area contributed by atoms with Crippen molar-refractivity contribution in [2.75, 3.05) is 6.66 Å². The van der Waals surface area contributed by atoms with Crippen molar-refractivity contribution in [3.63, 3.8) is 0 Å². The van der Waals surface area contributed by atoms with Crippen molar-refractivity contribution >= 4 is 14.3 Å². The monoisotopic (exact) mass is 206 g/mol. The highest BCUT2D eigenvalue weighted by molar-refractivity contribution is 7.52. The van der Waals surface area contributed by atoms with Crippen molar-refractivity contribution in [3.05, 3.63) is 0 Å². The summed E-state index contributed by atoms with van der Waals surface area (Å²) < 4.78 is 10.1. The van der Waals surface area contributed by atoms with Crippen LogP contribution in [0.2, 0.25) is 0 Å². The SMILES string of the molecule is CC(C)P(C)OC(=O)OC(C)(C)C. The van der Waals surface area contributed by atoms with Gasteiger partial charge in [0.1, 0.15) is 5.60 Å². The zero-order chi connectivity index (χ0) is 10.6. The zero-order valence-corrected chi connectivity index (χ0v) is 10.1. The van der Waals surface area contributed by atoms with Gasteiger partial charge in [-0.1, -0.05) is 13.8 Å². The van der Waals surface area contributed by atoms with Gasteiger partial charge in [0.2, 0.25) is 0 Å². The Morgan fingerprint density at radius 1 is 1.31 bits per heavy atom. The second kappa shape index (κ2) is 4.80. The van der Waals surface area contributed by atoms with Crippen molar-refractivity contribution in [3.8, 4) is 0 Å². The van der Waals surface area contributed by atoms with Crippen molar-refractivity contribution in [2.45, 2.75) is 45.9 Å². The van der Waals surface area contributed by atoms with Crippen LogP contribution in [0.5, 0.6) is 0 Å². The zero-order valence-electron chi connectivity index (χ0n) is 9.25. The maximum Gasteiger partial charge on any atom is 0.511 e. The number of hydrogen-bond acceptors (Lipinski definition) is 3. The highest BCUT2D eigenvalue weighted by Gasteiger charge is 2.20. The van der Waals surface area contributed by atoms with E-state index in [9.17, 15) is 4.79 Å². The van der Waals surface area contributed by atoms with Gasteiger partial charge in [0, 0.05) is 5.66 Å². The van der Waals surface area contributed by atoms with Crippen molar-refractivity contribution in [1.82, 2.24) is 0 Å². The first-order valence-electron chi connectivity index (χ1n) is 4.36. The number of carbonyl (C=O) groups is 1. The van der Waals surface area contributed by atoms with Gasteiger partial charge in [-0.2, -0.15) is 0 Å². The van der Waals surface area contributed by atoms with Crippen molar-refractivity contribution in [2.24, 2.45) is 0 Å². The minimum Gasteiger partial charge on any atom is -0.428 e. The maximum atomic E-state index is 11.1. The smallest absolute Gasteiger partial charge is 0.428 e. The van der Waals surface area contributed by atoms with E-state index >= 15 is 0 Å². The Balaban J connectivity index is 3.89. The molecule has 0 spiro atoms. The first-order valence-corrected chi connectivity index (χ1v) is 6.14. The molecule has 0 aliphatic heterocycles. The molecular formula is C9H19O3P. The van der Waals surface area contributed by atoms with E-state index in [0.29, 0.717) is 5.66 Å². The average molecular weight is 206 g/mol. The third-order valence-corrected chi connectivity index (χ3v) is 3.23. The number of ether oxygens (including phenoxy) is 1. The molecule has 0 saturated heterocycles. The second-order valence-electron chi connectivity index (χ2n) is 4.20. The lowest BCUT2D eigenvalue weighted by atomic mass is 10.2. The van der Waals surface area contributed by atoms with Gasteiger partial charge in [0.05, 0.1) is 8.15 Å². The van der Waals surface area contributed by atoms with Crippen LogP contribution in [0.4, 0.5) is 4.79 Å². The van der Waals surface area contributed by atoms with Crippen LogP contribution < -0.4 is 0 Å². The Bertz CT molecular complexity index is 172. The summed E-state index contributed by atoms with van der Waals surface area (Å²) in [5.41, 5.74) is -0.0907. The van der Waals surface area contributed by atoms with Crippen LogP contribution in [-0.2, 0) is 9.26 Å². The van der Waals surface area contributed by atoms with Crippen LogP contribution in [0.3, 0.4) is 0 Å². The Kier molecular flexibility index (Phi) is 4.69. The highest BCUT2D eigenvalue weighted by atomic mass is 31.1. The highest BCUT2D eigenvalue weighted by Crippen LogP contribution is 2.38. The van der Waals surface area contributed by atoms with E-state index in [4.69, 9.17) is 9.26 Å². The van der Waals surface area contributed by atoms with Gasteiger partial charge < -0.3 is 9.26 Å². The molecule has 0 radical (unpaired) electrons. The molecule has 0 rings (SSSR count). The summed E-state index contributed by atoms with van der Waals surface area (Å²) in [6, 6.07) is 0. The van der Waals surface area contributed by atoms with Gasteiger partial charge in [-0.25, -0.2) is 4.79 Å². The van der Waals surface area contributed by atoms with E-state index in [2.05, 4.69) is 0 Å². The Morgan fingerprint density at radius 2 is 1.77 bits per heavy atom. The van der Waals surface area contributed by atoms with Gasteiger partial charge in [-0.05, 0) is 27.4 Å². The van der Waals surface area contributed by atoms with Crippen molar-refractivity contribution < 1.29 is 14.1 Å². The molecule has 0 bridgehead atoms. The molecule has 0 aromatic rings. The van der Waals surface area contributed by atoms with Crippen LogP contribution >= 0.6 is 8.15 Å². The van der Waals surface area contributed by atoms with Gasteiger partial charge in [0.25, 0.3) is 0 Å². The standard InChI is InChI=1S/C9H19O3P/c1-7(2)13(6)12-8(10)11-9(3,4)5/h7H,1-6H3. The molecule has 78 valence electrons. The van der Waals surface area contributed by atoms with Crippen LogP contribution in [0.15, 0.2) is 0 Å². The summed E-state index contributed by atoms with van der Waals surface area (Å²) in [6.07, 6.45) is -0.560. The quantitative estimate of drug-likeness (QED) is 0.513. The molecular weight excluding hydrogens is 187 g/mol. The number of carbonyl (C=O) groups excluding carboxylic acids is 1. The summed E-state index contributed by atoms with van der Waals surface area (Å²) in [5.74, 6) is 0. The largest absolute Gasteiger partial charge is 0.511 e. The van der Waals surface area contributed by atoms with Crippen LogP contribution in [0.1, 0.15) is 34.6 Å². The van der Waals surface area contributed by atoms with Crippen LogP contribution in [-0.4, -0.2) is 24.1 Å². The van der Waals surface area contributed by atoms with Crippen LogP contribution in [0.25, 0.3) is 0 Å². The lowest BCUT2D eigenvalue weighted by Gasteiger charge is -2.22. The lowest BCUT2D eigenvalue weighted by Crippen LogP contribution is -2.23. The third-order valence-electron chi connectivity index (χ3n) is 1.34. The summed E-state index contributed by atoms with van der Waals surface area (Å²) in [7, 11) is -0.706. The predicted molar refractivity (Wildman–Crippen MR) is 55.3 cm³/mol. The predicted octanol–water partition coefficient (Wildman–Crippen LogP) is 3.37. The normalized spacial score (nSPS) is 14.1. The summed E-state index contributed by atoms with van der Waals surface area (Å²) in [6.45, 7) is 11.4. The molecule has 0 aromatic heterocycles. The number of hydrogen-bond donors (Lipinski definition) is 0. The summed E-state index contributed by atoms with van der Waals surface area (Å²) >= 11 is 0. The van der Waals surface area contributed by atoms with Gasteiger partial charge in [0.15, 0.2) is 0 Å². The fourth-order valence-corrected chi connectivity index (χ4v) is 0.975. The first kappa shape index (κ1) is 12.7. The van der Waals surface area contributed by atoms with E-state index in [1.165, 1.54) is 0 Å². The van der Waals surface area contributed by atoms with Gasteiger partial charge >= 0.3 is 6.16 Å². The minimum absolute atomic E-state index is 0.377. The third kappa shape index (κ3) is 6.83. The fraction of sp³-hybridized carbons (Fsp3) is 0.889. The summed E-state index contributed by atoms with van der Waals surface area (Å²) in [4.78, 5) is 11.1. The maximum absolute atomic E-state index is 11.1. The molecule has 1 unspecified atom stereocenters. The van der Waals surface area contributed by atoms with E-state index in [0.717, 1.165) is 0 Å². The van der Waals surface area contributed by atoms with E-state index in [-0.39, 0.29) is 0 Å². The van der Waals surface area contributed by atoms with E-state index < -0.39 is 19.9 Å². The molecule has 0 saturated carbocycles. The minimum atomic E-state index is -0.706. The molecule has 3 nitrogen and oxygen atoms in total. The van der Waals surface area contributed by atoms with E-state index in [1.807, 2.05) is 41.3 Å². The molecule has 0 aromatic carbocycles. The Labute approximate surface area is 81.6 Å². The van der Waals surface area contributed by atoms with Gasteiger partial charge in [-0.15, -0.1) is 0 Å². The van der Waals surface area contributed by atoms with E-state index in [1.54, 1.807) is 0 Å². The molecule has 4 heteroatoms. The van der Waals surface area contributed by atoms with Crippen LogP contribution in [0, 0.1) is 0 Å². The second-order valence-corrected chi connectivity index (χ2v) is 6.50. The Hall–Kier alpha value is -0.300. The fourth-order valence-electron chi connectivity index (χ4n) is 0.492. The van der Waals surface area contributed by atoms with Crippen molar-refractivity contribution in [1.29, 1.82) is 0 Å². The van der Waals surface area contributed by atoms with Gasteiger partial charge in [-0.3, -0.25) is 0 Å². The Morgan fingerprint density at radius 3 is 2.08 bits per heavy atom. The molecule has 1 atom stereocenters. The summed E-state index contributed by atoms with van der Waals surface area (Å²) in [5, 5.41) is 0. The molecule has 0 fully saturated rings.